The first kappa shape index (κ1) is 22.1. The van der Waals surface area contributed by atoms with Gasteiger partial charge in [0, 0.05) is 23.0 Å². The summed E-state index contributed by atoms with van der Waals surface area (Å²) >= 11 is 0. The first-order valence-electron chi connectivity index (χ1n) is 10.8. The Kier molecular flexibility index (Phi) is 5.84. The van der Waals surface area contributed by atoms with Crippen LogP contribution in [0.4, 0.5) is 5.69 Å². The molecule has 1 aliphatic heterocycles. The van der Waals surface area contributed by atoms with E-state index in [1.54, 1.807) is 36.5 Å². The monoisotopic (exact) mass is 471 g/mol. The summed E-state index contributed by atoms with van der Waals surface area (Å²) < 4.78 is 16.0. The Morgan fingerprint density at radius 2 is 2.00 bits per heavy atom. The summed E-state index contributed by atoms with van der Waals surface area (Å²) in [6.45, 7) is 0. The van der Waals surface area contributed by atoms with Gasteiger partial charge < -0.3 is 19.5 Å². The molecule has 0 saturated heterocycles. The highest BCUT2D eigenvalue weighted by molar-refractivity contribution is 5.99. The Hall–Kier alpha value is -4.73. The van der Waals surface area contributed by atoms with Crippen molar-refractivity contribution >= 4 is 17.6 Å². The minimum atomic E-state index is -0.727. The minimum Gasteiger partial charge on any atom is -0.493 e. The number of fused-ring (bicyclic) bond motifs is 1. The van der Waals surface area contributed by atoms with E-state index in [-0.39, 0.29) is 17.9 Å². The van der Waals surface area contributed by atoms with Gasteiger partial charge in [0.2, 0.25) is 5.91 Å². The van der Waals surface area contributed by atoms with Crippen LogP contribution in [0.5, 0.6) is 11.5 Å². The number of nitrogens with zero attached hydrogens (tertiary/aromatic N) is 3. The van der Waals surface area contributed by atoms with Crippen molar-refractivity contribution in [1.29, 1.82) is 0 Å². The third-order valence-corrected chi connectivity index (χ3v) is 5.55. The maximum atomic E-state index is 12.8. The molecule has 2 aromatic heterocycles. The molecule has 1 amide bonds. The molecule has 0 unspecified atom stereocenters. The van der Waals surface area contributed by atoms with Crippen molar-refractivity contribution in [3.8, 4) is 34.4 Å². The molecule has 0 spiro atoms. The SMILES string of the molecule is COc1ccc2c(c1OC)C(=O)O[C@H]2CC(=O)Nc1cccc(-c2n[nH]c(-c3ccccn3)n2)c1. The van der Waals surface area contributed by atoms with E-state index in [0.717, 1.165) is 5.56 Å². The van der Waals surface area contributed by atoms with Crippen LogP contribution in [-0.2, 0) is 9.53 Å². The quantitative estimate of drug-likeness (QED) is 0.390. The number of carbonyl (C=O) groups excluding carboxylic acids is 2. The number of benzene rings is 2. The van der Waals surface area contributed by atoms with Gasteiger partial charge in [0.05, 0.1) is 20.6 Å². The van der Waals surface area contributed by atoms with Crippen LogP contribution < -0.4 is 14.8 Å². The smallest absolute Gasteiger partial charge is 0.343 e. The maximum absolute atomic E-state index is 12.8. The lowest BCUT2D eigenvalue weighted by molar-refractivity contribution is -0.118. The fourth-order valence-electron chi connectivity index (χ4n) is 3.95. The third kappa shape index (κ3) is 4.29. The van der Waals surface area contributed by atoms with Crippen LogP contribution in [0.2, 0.25) is 0 Å². The lowest BCUT2D eigenvalue weighted by Crippen LogP contribution is -2.15. The molecule has 5 rings (SSSR count). The molecule has 3 heterocycles. The second kappa shape index (κ2) is 9.26. The summed E-state index contributed by atoms with van der Waals surface area (Å²) in [5, 5.41) is 9.99. The van der Waals surface area contributed by atoms with Crippen molar-refractivity contribution in [1.82, 2.24) is 20.2 Å². The number of carbonyl (C=O) groups is 2. The number of anilines is 1. The van der Waals surface area contributed by atoms with Crippen molar-refractivity contribution in [3.63, 3.8) is 0 Å². The molecule has 10 heteroatoms. The van der Waals surface area contributed by atoms with Gasteiger partial charge in [0.1, 0.15) is 17.4 Å². The molecule has 0 saturated carbocycles. The van der Waals surface area contributed by atoms with E-state index in [1.165, 1.54) is 14.2 Å². The van der Waals surface area contributed by atoms with Crippen molar-refractivity contribution in [2.45, 2.75) is 12.5 Å². The number of methoxy groups -OCH3 is 2. The highest BCUT2D eigenvalue weighted by Crippen LogP contribution is 2.43. The van der Waals surface area contributed by atoms with Crippen molar-refractivity contribution in [3.05, 3.63) is 71.9 Å². The van der Waals surface area contributed by atoms with Gasteiger partial charge >= 0.3 is 5.97 Å². The Morgan fingerprint density at radius 1 is 1.11 bits per heavy atom. The third-order valence-electron chi connectivity index (χ3n) is 5.55. The van der Waals surface area contributed by atoms with Crippen LogP contribution in [0, 0.1) is 0 Å². The van der Waals surface area contributed by atoms with E-state index < -0.39 is 12.1 Å². The number of aromatic nitrogens is 4. The number of hydrogen-bond acceptors (Lipinski definition) is 8. The molecule has 1 aliphatic rings. The molecule has 4 aromatic rings. The van der Waals surface area contributed by atoms with E-state index in [1.807, 2.05) is 24.3 Å². The molecule has 176 valence electrons. The zero-order valence-corrected chi connectivity index (χ0v) is 18.9. The summed E-state index contributed by atoms with van der Waals surface area (Å²) in [5.74, 6) is 0.867. The van der Waals surface area contributed by atoms with Crippen LogP contribution >= 0.6 is 0 Å². The van der Waals surface area contributed by atoms with E-state index in [9.17, 15) is 9.59 Å². The van der Waals surface area contributed by atoms with Crippen molar-refractivity contribution in [2.75, 3.05) is 19.5 Å². The summed E-state index contributed by atoms with van der Waals surface area (Å²) in [5.41, 5.74) is 2.82. The number of aromatic amines is 1. The lowest BCUT2D eigenvalue weighted by atomic mass is 10.0. The number of nitrogens with one attached hydrogen (secondary N) is 2. The largest absolute Gasteiger partial charge is 0.493 e. The number of esters is 1. The number of ether oxygens (including phenoxy) is 3. The van der Waals surface area contributed by atoms with E-state index in [2.05, 4.69) is 25.5 Å². The molecule has 1 atom stereocenters. The number of H-pyrrole nitrogens is 1. The van der Waals surface area contributed by atoms with E-state index >= 15 is 0 Å². The first-order valence-corrected chi connectivity index (χ1v) is 10.8. The van der Waals surface area contributed by atoms with E-state index in [4.69, 9.17) is 14.2 Å². The maximum Gasteiger partial charge on any atom is 0.343 e. The molecule has 0 aliphatic carbocycles. The summed E-state index contributed by atoms with van der Waals surface area (Å²) in [6, 6.07) is 16.1. The van der Waals surface area contributed by atoms with Crippen molar-refractivity contribution < 1.29 is 23.8 Å². The van der Waals surface area contributed by atoms with Gasteiger partial charge in [0.15, 0.2) is 23.1 Å². The predicted molar refractivity (Wildman–Crippen MR) is 126 cm³/mol. The number of rotatable bonds is 7. The van der Waals surface area contributed by atoms with Gasteiger partial charge in [-0.05, 0) is 30.3 Å². The Balaban J connectivity index is 1.31. The van der Waals surface area contributed by atoms with Crippen LogP contribution in [0.1, 0.15) is 28.4 Å². The summed E-state index contributed by atoms with van der Waals surface area (Å²) in [4.78, 5) is 34.0. The molecule has 35 heavy (non-hydrogen) atoms. The average Bonchev–Trinajstić information content (AvgIpc) is 3.49. The average molecular weight is 471 g/mol. The highest BCUT2D eigenvalue weighted by atomic mass is 16.6. The first-order chi connectivity index (χ1) is 17.1. The predicted octanol–water partition coefficient (Wildman–Crippen LogP) is 3.79. The molecule has 0 fully saturated rings. The van der Waals surface area contributed by atoms with Crippen LogP contribution in [0.3, 0.4) is 0 Å². The Bertz CT molecular complexity index is 1400. The molecular weight excluding hydrogens is 450 g/mol. The van der Waals surface area contributed by atoms with Gasteiger partial charge in [-0.3, -0.25) is 14.9 Å². The van der Waals surface area contributed by atoms with Crippen LogP contribution in [0.25, 0.3) is 22.9 Å². The molecular formula is C25H21N5O5. The summed E-state index contributed by atoms with van der Waals surface area (Å²) in [6.07, 6.45) is 0.901. The second-order valence-corrected chi connectivity index (χ2v) is 7.71. The number of cyclic esters (lactones) is 1. The number of pyridine rings is 1. The van der Waals surface area contributed by atoms with Gasteiger partial charge in [-0.15, -0.1) is 0 Å². The number of amides is 1. The Morgan fingerprint density at radius 3 is 2.77 bits per heavy atom. The zero-order chi connectivity index (χ0) is 24.4. The second-order valence-electron chi connectivity index (χ2n) is 7.71. The topological polar surface area (TPSA) is 128 Å². The zero-order valence-electron chi connectivity index (χ0n) is 18.9. The fraction of sp³-hybridized carbons (Fsp3) is 0.160. The van der Waals surface area contributed by atoms with Gasteiger partial charge in [-0.25, -0.2) is 9.78 Å². The normalized spacial score (nSPS) is 14.2. The molecule has 2 N–H and O–H groups in total. The molecule has 0 bridgehead atoms. The van der Waals surface area contributed by atoms with Crippen molar-refractivity contribution in [2.24, 2.45) is 0 Å². The highest BCUT2D eigenvalue weighted by Gasteiger charge is 2.36. The van der Waals surface area contributed by atoms with E-state index in [0.29, 0.717) is 40.1 Å². The van der Waals surface area contributed by atoms with Gasteiger partial charge in [-0.1, -0.05) is 24.3 Å². The molecule has 2 aromatic carbocycles. The lowest BCUT2D eigenvalue weighted by Gasteiger charge is -2.13. The molecule has 10 nitrogen and oxygen atoms in total. The Labute approximate surface area is 200 Å². The van der Waals surface area contributed by atoms with Crippen LogP contribution in [0.15, 0.2) is 60.8 Å². The number of hydrogen-bond donors (Lipinski definition) is 2. The minimum absolute atomic E-state index is 0.0526. The van der Waals surface area contributed by atoms with Gasteiger partial charge in [0.25, 0.3) is 0 Å². The standard InChI is InChI=1S/C25H21N5O5/c1-33-18-10-9-16-19(35-25(32)21(16)22(18)34-2)13-20(31)27-15-7-5-6-14(12-15)23-28-24(30-29-23)17-8-3-4-11-26-17/h3-12,19H,13H2,1-2H3,(H,27,31)(H,28,29,30)/t19-/m0/s1. The molecule has 0 radical (unpaired) electrons. The summed E-state index contributed by atoms with van der Waals surface area (Å²) in [7, 11) is 2.94. The van der Waals surface area contributed by atoms with Crippen LogP contribution in [-0.4, -0.2) is 46.3 Å². The fourth-order valence-corrected chi connectivity index (χ4v) is 3.95. The van der Waals surface area contributed by atoms with Gasteiger partial charge in [-0.2, -0.15) is 5.10 Å².